The smallest absolute Gasteiger partial charge is 0.126 e. The lowest BCUT2D eigenvalue weighted by Gasteiger charge is -2.15. The van der Waals surface area contributed by atoms with Crippen LogP contribution < -0.4 is 11.1 Å². The first-order valence-corrected chi connectivity index (χ1v) is 4.74. The number of anilines is 1. The average Bonchev–Trinajstić information content (AvgIpc) is 2.19. The van der Waals surface area contributed by atoms with E-state index in [0.717, 1.165) is 18.7 Å². The van der Waals surface area contributed by atoms with E-state index in [-0.39, 0.29) is 0 Å². The summed E-state index contributed by atoms with van der Waals surface area (Å²) in [7, 11) is 0. The molecule has 3 nitrogen and oxygen atoms in total. The van der Waals surface area contributed by atoms with E-state index >= 15 is 0 Å². The highest BCUT2D eigenvalue weighted by Gasteiger charge is 2.04. The summed E-state index contributed by atoms with van der Waals surface area (Å²) in [5.74, 6) is 0.909. The third-order valence-electron chi connectivity index (χ3n) is 1.94. The van der Waals surface area contributed by atoms with Gasteiger partial charge in [-0.15, -0.1) is 0 Å². The van der Waals surface area contributed by atoms with Crippen LogP contribution in [0.5, 0.6) is 0 Å². The second kappa shape index (κ2) is 5.54. The quantitative estimate of drug-likeness (QED) is 0.722. The van der Waals surface area contributed by atoms with Crippen molar-refractivity contribution in [1.29, 1.82) is 0 Å². The van der Waals surface area contributed by atoms with Gasteiger partial charge in [0.2, 0.25) is 0 Å². The number of nitrogens with two attached hydrogens (primary N) is 1. The molecule has 0 bridgehead atoms. The highest BCUT2D eigenvalue weighted by molar-refractivity contribution is 5.34. The predicted octanol–water partition coefficient (Wildman–Crippen LogP) is 1.62. The van der Waals surface area contributed by atoms with E-state index in [1.807, 2.05) is 18.2 Å². The van der Waals surface area contributed by atoms with Gasteiger partial charge in [0.05, 0.1) is 0 Å². The molecule has 0 amide bonds. The first-order chi connectivity index (χ1) is 6.36. The number of aromatic nitrogens is 1. The lowest BCUT2D eigenvalue weighted by molar-refractivity contribution is 0.646. The predicted molar refractivity (Wildman–Crippen MR) is 55.6 cm³/mol. The van der Waals surface area contributed by atoms with Gasteiger partial charge in [0.1, 0.15) is 5.82 Å². The normalized spacial score (nSPS) is 12.5. The third-order valence-corrected chi connectivity index (χ3v) is 1.94. The van der Waals surface area contributed by atoms with Gasteiger partial charge >= 0.3 is 0 Å². The van der Waals surface area contributed by atoms with E-state index in [1.54, 1.807) is 6.20 Å². The molecule has 1 heterocycles. The summed E-state index contributed by atoms with van der Waals surface area (Å²) in [5, 5.41) is 3.29. The molecule has 0 aromatic carbocycles. The fourth-order valence-corrected chi connectivity index (χ4v) is 1.25. The molecule has 1 aromatic heterocycles. The Morgan fingerprint density at radius 3 is 2.92 bits per heavy atom. The summed E-state index contributed by atoms with van der Waals surface area (Å²) in [5.41, 5.74) is 5.62. The number of nitrogens with one attached hydrogen (secondary N) is 1. The van der Waals surface area contributed by atoms with Crippen LogP contribution in [-0.4, -0.2) is 17.6 Å². The van der Waals surface area contributed by atoms with Crippen molar-refractivity contribution in [3.8, 4) is 0 Å². The van der Waals surface area contributed by atoms with Crippen molar-refractivity contribution in [2.24, 2.45) is 5.73 Å². The zero-order valence-corrected chi connectivity index (χ0v) is 8.03. The molecule has 1 aromatic rings. The first kappa shape index (κ1) is 9.99. The molecule has 0 fully saturated rings. The van der Waals surface area contributed by atoms with Crippen molar-refractivity contribution in [3.63, 3.8) is 0 Å². The minimum atomic E-state index is 0.347. The minimum Gasteiger partial charge on any atom is -0.366 e. The molecule has 0 saturated carbocycles. The Morgan fingerprint density at radius 2 is 2.38 bits per heavy atom. The van der Waals surface area contributed by atoms with E-state index in [2.05, 4.69) is 17.2 Å². The fourth-order valence-electron chi connectivity index (χ4n) is 1.25. The number of rotatable bonds is 5. The van der Waals surface area contributed by atoms with Crippen molar-refractivity contribution < 1.29 is 0 Å². The lowest BCUT2D eigenvalue weighted by atomic mass is 10.2. The number of pyridine rings is 1. The molecule has 3 N–H and O–H groups in total. The van der Waals surface area contributed by atoms with Crippen LogP contribution in [0.1, 0.15) is 19.8 Å². The highest BCUT2D eigenvalue weighted by Crippen LogP contribution is 2.05. The van der Waals surface area contributed by atoms with Crippen LogP contribution in [0, 0.1) is 0 Å². The van der Waals surface area contributed by atoms with Gasteiger partial charge in [0.15, 0.2) is 0 Å². The van der Waals surface area contributed by atoms with Gasteiger partial charge in [0.25, 0.3) is 0 Å². The Balaban J connectivity index is 2.46. The number of nitrogens with zero attached hydrogens (tertiary/aromatic N) is 1. The molecular formula is C10H17N3. The Morgan fingerprint density at radius 1 is 1.54 bits per heavy atom. The Hall–Kier alpha value is -1.09. The van der Waals surface area contributed by atoms with Crippen LogP contribution >= 0.6 is 0 Å². The number of hydrogen-bond donors (Lipinski definition) is 2. The SMILES string of the molecule is CCCC(CN)Nc1ccccn1. The molecule has 0 aliphatic carbocycles. The third kappa shape index (κ3) is 3.42. The largest absolute Gasteiger partial charge is 0.366 e. The van der Waals surface area contributed by atoms with Crippen LogP contribution in [0.25, 0.3) is 0 Å². The van der Waals surface area contributed by atoms with Crippen molar-refractivity contribution in [2.45, 2.75) is 25.8 Å². The fraction of sp³-hybridized carbons (Fsp3) is 0.500. The van der Waals surface area contributed by atoms with Gasteiger partial charge in [-0.25, -0.2) is 4.98 Å². The lowest BCUT2D eigenvalue weighted by Crippen LogP contribution is -2.28. The van der Waals surface area contributed by atoms with Crippen LogP contribution in [0.15, 0.2) is 24.4 Å². The highest BCUT2D eigenvalue weighted by atomic mass is 15.0. The van der Waals surface area contributed by atoms with Crippen LogP contribution in [0.3, 0.4) is 0 Å². The van der Waals surface area contributed by atoms with Gasteiger partial charge in [0, 0.05) is 18.8 Å². The standard InChI is InChI=1S/C10H17N3/c1-2-5-9(8-11)13-10-6-3-4-7-12-10/h3-4,6-7,9H,2,5,8,11H2,1H3,(H,12,13). The minimum absolute atomic E-state index is 0.347. The zero-order valence-electron chi connectivity index (χ0n) is 8.03. The zero-order chi connectivity index (χ0) is 9.52. The average molecular weight is 179 g/mol. The number of hydrogen-bond acceptors (Lipinski definition) is 3. The van der Waals surface area contributed by atoms with Crippen molar-refractivity contribution in [2.75, 3.05) is 11.9 Å². The molecule has 1 unspecified atom stereocenters. The summed E-state index contributed by atoms with van der Waals surface area (Å²) >= 11 is 0. The Labute approximate surface area is 79.4 Å². The first-order valence-electron chi connectivity index (χ1n) is 4.74. The molecule has 0 aliphatic rings. The van der Waals surface area contributed by atoms with Crippen molar-refractivity contribution >= 4 is 5.82 Å². The molecule has 72 valence electrons. The second-order valence-electron chi connectivity index (χ2n) is 3.08. The van der Waals surface area contributed by atoms with Crippen LogP contribution in [0.4, 0.5) is 5.82 Å². The molecule has 1 atom stereocenters. The molecule has 3 heteroatoms. The second-order valence-corrected chi connectivity index (χ2v) is 3.08. The van der Waals surface area contributed by atoms with Gasteiger partial charge in [-0.3, -0.25) is 0 Å². The van der Waals surface area contributed by atoms with Gasteiger partial charge in [-0.1, -0.05) is 19.4 Å². The molecule has 0 aliphatic heterocycles. The summed E-state index contributed by atoms with van der Waals surface area (Å²) in [6.45, 7) is 2.81. The summed E-state index contributed by atoms with van der Waals surface area (Å²) in [4.78, 5) is 4.18. The maximum atomic E-state index is 5.62. The Kier molecular flexibility index (Phi) is 4.26. The van der Waals surface area contributed by atoms with E-state index in [0.29, 0.717) is 12.6 Å². The molecule has 1 rings (SSSR count). The van der Waals surface area contributed by atoms with Gasteiger partial charge in [-0.05, 0) is 18.6 Å². The van der Waals surface area contributed by atoms with Crippen LogP contribution in [-0.2, 0) is 0 Å². The van der Waals surface area contributed by atoms with E-state index < -0.39 is 0 Å². The molecule has 0 spiro atoms. The van der Waals surface area contributed by atoms with E-state index in [4.69, 9.17) is 5.73 Å². The van der Waals surface area contributed by atoms with Gasteiger partial charge < -0.3 is 11.1 Å². The molecular weight excluding hydrogens is 162 g/mol. The maximum Gasteiger partial charge on any atom is 0.126 e. The summed E-state index contributed by atoms with van der Waals surface area (Å²) in [6.07, 6.45) is 4.01. The topological polar surface area (TPSA) is 50.9 Å². The molecule has 0 radical (unpaired) electrons. The van der Waals surface area contributed by atoms with Crippen molar-refractivity contribution in [3.05, 3.63) is 24.4 Å². The van der Waals surface area contributed by atoms with Gasteiger partial charge in [-0.2, -0.15) is 0 Å². The molecule has 13 heavy (non-hydrogen) atoms. The summed E-state index contributed by atoms with van der Waals surface area (Å²) < 4.78 is 0. The maximum absolute atomic E-state index is 5.62. The molecule has 0 saturated heterocycles. The Bertz CT molecular complexity index is 223. The summed E-state index contributed by atoms with van der Waals surface area (Å²) in [6, 6.07) is 6.18. The van der Waals surface area contributed by atoms with Crippen molar-refractivity contribution in [1.82, 2.24) is 4.98 Å². The van der Waals surface area contributed by atoms with E-state index in [9.17, 15) is 0 Å². The van der Waals surface area contributed by atoms with Crippen LogP contribution in [0.2, 0.25) is 0 Å². The monoisotopic (exact) mass is 179 g/mol. The van der Waals surface area contributed by atoms with E-state index in [1.165, 1.54) is 0 Å².